The van der Waals surface area contributed by atoms with Gasteiger partial charge in [-0.3, -0.25) is 14.4 Å². The van der Waals surface area contributed by atoms with E-state index in [1.54, 1.807) is 60.5 Å². The minimum absolute atomic E-state index is 0.0147. The molecular formula is C28H32N4O3. The van der Waals surface area contributed by atoms with Gasteiger partial charge in [0.05, 0.1) is 6.54 Å². The van der Waals surface area contributed by atoms with E-state index in [9.17, 15) is 14.4 Å². The second-order valence-electron chi connectivity index (χ2n) is 8.49. The van der Waals surface area contributed by atoms with Crippen molar-refractivity contribution in [2.75, 3.05) is 24.2 Å². The van der Waals surface area contributed by atoms with Crippen molar-refractivity contribution in [1.29, 1.82) is 0 Å². The van der Waals surface area contributed by atoms with Gasteiger partial charge in [0, 0.05) is 42.1 Å². The molecule has 7 nitrogen and oxygen atoms in total. The third-order valence-corrected chi connectivity index (χ3v) is 5.57. The second-order valence-corrected chi connectivity index (χ2v) is 8.49. The van der Waals surface area contributed by atoms with Gasteiger partial charge in [-0.1, -0.05) is 49.4 Å². The van der Waals surface area contributed by atoms with Gasteiger partial charge in [0.1, 0.15) is 0 Å². The number of amides is 3. The van der Waals surface area contributed by atoms with Crippen LogP contribution in [0.2, 0.25) is 0 Å². The van der Waals surface area contributed by atoms with Crippen LogP contribution in [0.5, 0.6) is 0 Å². The molecule has 0 aliphatic rings. The van der Waals surface area contributed by atoms with Crippen molar-refractivity contribution in [3.8, 4) is 0 Å². The van der Waals surface area contributed by atoms with E-state index in [1.165, 1.54) is 0 Å². The summed E-state index contributed by atoms with van der Waals surface area (Å²) in [5.74, 6) is -0.538. The number of carbonyl (C=O) groups excluding carboxylic acids is 3. The van der Waals surface area contributed by atoms with Crippen molar-refractivity contribution in [3.63, 3.8) is 0 Å². The van der Waals surface area contributed by atoms with Crippen molar-refractivity contribution in [2.24, 2.45) is 0 Å². The van der Waals surface area contributed by atoms with Crippen LogP contribution in [0.4, 0.5) is 11.4 Å². The van der Waals surface area contributed by atoms with Crippen LogP contribution >= 0.6 is 0 Å². The highest BCUT2D eigenvalue weighted by molar-refractivity contribution is 5.98. The lowest BCUT2D eigenvalue weighted by molar-refractivity contribution is -0.114. The predicted octanol–water partition coefficient (Wildman–Crippen LogP) is 4.54. The molecule has 0 spiro atoms. The zero-order valence-corrected chi connectivity index (χ0v) is 20.4. The minimum Gasteiger partial charge on any atom is -0.376 e. The number of benzene rings is 3. The Balaban J connectivity index is 1.55. The van der Waals surface area contributed by atoms with Gasteiger partial charge in [0.2, 0.25) is 5.91 Å². The summed E-state index contributed by atoms with van der Waals surface area (Å²) in [5, 5.41) is 8.77. The molecule has 3 aromatic rings. The van der Waals surface area contributed by atoms with Crippen LogP contribution in [-0.4, -0.2) is 42.3 Å². The number of carbonyl (C=O) groups is 3. The zero-order chi connectivity index (χ0) is 25.2. The third kappa shape index (κ3) is 7.71. The largest absolute Gasteiger partial charge is 0.376 e. The highest BCUT2D eigenvalue weighted by Crippen LogP contribution is 2.15. The van der Waals surface area contributed by atoms with E-state index in [0.717, 1.165) is 12.0 Å². The van der Waals surface area contributed by atoms with Crippen LogP contribution in [0.3, 0.4) is 0 Å². The van der Waals surface area contributed by atoms with E-state index < -0.39 is 0 Å². The first-order chi connectivity index (χ1) is 16.9. The summed E-state index contributed by atoms with van der Waals surface area (Å²) >= 11 is 0. The van der Waals surface area contributed by atoms with E-state index in [1.807, 2.05) is 44.2 Å². The maximum Gasteiger partial charge on any atom is 0.253 e. The molecule has 0 fully saturated rings. The quantitative estimate of drug-likeness (QED) is 0.404. The van der Waals surface area contributed by atoms with Gasteiger partial charge in [0.25, 0.3) is 11.8 Å². The molecule has 35 heavy (non-hydrogen) atoms. The molecule has 3 N–H and O–H groups in total. The van der Waals surface area contributed by atoms with Gasteiger partial charge in [0.15, 0.2) is 0 Å². The van der Waals surface area contributed by atoms with E-state index >= 15 is 0 Å². The van der Waals surface area contributed by atoms with E-state index in [2.05, 4.69) is 16.0 Å². The Labute approximate surface area is 206 Å². The van der Waals surface area contributed by atoms with Crippen molar-refractivity contribution in [3.05, 3.63) is 95.6 Å². The Morgan fingerprint density at radius 1 is 0.857 bits per heavy atom. The standard InChI is InChI=1S/C28H32N4O3/c1-4-20(2)30-27(34)22-12-8-15-25(16-22)31-26(33)18-29-24-14-9-13-23(17-24)28(35)32(3)19-21-10-6-5-7-11-21/h5-17,20,29H,4,18-19H2,1-3H3,(H,30,34)(H,31,33). The Kier molecular flexibility index (Phi) is 9.01. The molecule has 7 heteroatoms. The summed E-state index contributed by atoms with van der Waals surface area (Å²) < 4.78 is 0. The molecule has 0 saturated heterocycles. The number of hydrogen-bond acceptors (Lipinski definition) is 4. The van der Waals surface area contributed by atoms with Gasteiger partial charge in [-0.25, -0.2) is 0 Å². The molecule has 0 aromatic heterocycles. The number of nitrogens with zero attached hydrogens (tertiary/aromatic N) is 1. The highest BCUT2D eigenvalue weighted by atomic mass is 16.2. The van der Waals surface area contributed by atoms with Gasteiger partial charge in [-0.2, -0.15) is 0 Å². The SMILES string of the molecule is CCC(C)NC(=O)c1cccc(NC(=O)CNc2cccc(C(=O)N(C)Cc3ccccc3)c2)c1. The summed E-state index contributed by atoms with van der Waals surface area (Å²) in [6, 6.07) is 23.8. The molecule has 0 aliphatic carbocycles. The van der Waals surface area contributed by atoms with Crippen molar-refractivity contribution in [1.82, 2.24) is 10.2 Å². The van der Waals surface area contributed by atoms with Gasteiger partial charge < -0.3 is 20.9 Å². The maximum absolute atomic E-state index is 12.8. The lowest BCUT2D eigenvalue weighted by Gasteiger charge is -2.18. The smallest absolute Gasteiger partial charge is 0.253 e. The topological polar surface area (TPSA) is 90.5 Å². The van der Waals surface area contributed by atoms with Crippen molar-refractivity contribution >= 4 is 29.1 Å². The van der Waals surface area contributed by atoms with Crippen molar-refractivity contribution < 1.29 is 14.4 Å². The molecular weight excluding hydrogens is 440 g/mol. The lowest BCUT2D eigenvalue weighted by atomic mass is 10.1. The third-order valence-electron chi connectivity index (χ3n) is 5.57. The molecule has 0 radical (unpaired) electrons. The fourth-order valence-electron chi connectivity index (χ4n) is 3.45. The fourth-order valence-corrected chi connectivity index (χ4v) is 3.45. The number of nitrogens with one attached hydrogen (secondary N) is 3. The summed E-state index contributed by atoms with van der Waals surface area (Å²) in [5.41, 5.74) is 3.28. The van der Waals surface area contributed by atoms with E-state index in [4.69, 9.17) is 0 Å². The first-order valence-electron chi connectivity index (χ1n) is 11.7. The molecule has 182 valence electrons. The second kappa shape index (κ2) is 12.4. The van der Waals surface area contributed by atoms with E-state index in [0.29, 0.717) is 29.0 Å². The molecule has 0 bridgehead atoms. The van der Waals surface area contributed by atoms with Crippen LogP contribution in [0.1, 0.15) is 46.5 Å². The summed E-state index contributed by atoms with van der Waals surface area (Å²) in [7, 11) is 1.76. The first kappa shape index (κ1) is 25.5. The van der Waals surface area contributed by atoms with Crippen molar-refractivity contribution in [2.45, 2.75) is 32.9 Å². The summed E-state index contributed by atoms with van der Waals surface area (Å²) in [6.07, 6.45) is 0.837. The highest BCUT2D eigenvalue weighted by Gasteiger charge is 2.13. The molecule has 0 saturated carbocycles. The number of anilines is 2. The molecule has 1 unspecified atom stereocenters. The Morgan fingerprint density at radius 2 is 1.51 bits per heavy atom. The molecule has 3 aromatic carbocycles. The fraction of sp³-hybridized carbons (Fsp3) is 0.250. The summed E-state index contributed by atoms with van der Waals surface area (Å²) in [6.45, 7) is 4.47. The van der Waals surface area contributed by atoms with E-state index in [-0.39, 0.29) is 30.3 Å². The van der Waals surface area contributed by atoms with Crippen LogP contribution < -0.4 is 16.0 Å². The summed E-state index contributed by atoms with van der Waals surface area (Å²) in [4.78, 5) is 39.3. The Hall–Kier alpha value is -4.13. The Morgan fingerprint density at radius 3 is 2.23 bits per heavy atom. The zero-order valence-electron chi connectivity index (χ0n) is 20.4. The normalized spacial score (nSPS) is 11.3. The first-order valence-corrected chi connectivity index (χ1v) is 11.7. The number of rotatable bonds is 10. The minimum atomic E-state index is -0.262. The van der Waals surface area contributed by atoms with Crippen LogP contribution in [0.15, 0.2) is 78.9 Å². The van der Waals surface area contributed by atoms with Crippen LogP contribution in [0, 0.1) is 0 Å². The molecule has 3 amide bonds. The Bertz CT molecular complexity index is 1160. The predicted molar refractivity (Wildman–Crippen MR) is 139 cm³/mol. The van der Waals surface area contributed by atoms with Crippen LogP contribution in [0.25, 0.3) is 0 Å². The molecule has 0 heterocycles. The molecule has 0 aliphatic heterocycles. The van der Waals surface area contributed by atoms with Gasteiger partial charge in [-0.05, 0) is 55.3 Å². The number of hydrogen-bond donors (Lipinski definition) is 3. The monoisotopic (exact) mass is 472 g/mol. The molecule has 3 rings (SSSR count). The lowest BCUT2D eigenvalue weighted by Crippen LogP contribution is -2.32. The maximum atomic E-state index is 12.8. The average molecular weight is 473 g/mol. The molecule has 1 atom stereocenters. The van der Waals surface area contributed by atoms with Crippen LogP contribution in [-0.2, 0) is 11.3 Å². The van der Waals surface area contributed by atoms with Gasteiger partial charge >= 0.3 is 0 Å². The average Bonchev–Trinajstić information content (AvgIpc) is 2.87. The van der Waals surface area contributed by atoms with Gasteiger partial charge in [-0.15, -0.1) is 0 Å².